The summed E-state index contributed by atoms with van der Waals surface area (Å²) in [6.45, 7) is 4.40. The van der Waals surface area contributed by atoms with E-state index in [2.05, 4.69) is 11.0 Å². The smallest absolute Gasteiger partial charge is 0.164 e. The third kappa shape index (κ3) is 4.80. The Morgan fingerprint density at radius 2 is 2.00 bits per heavy atom. The van der Waals surface area contributed by atoms with Crippen molar-refractivity contribution < 1.29 is 4.79 Å². The highest BCUT2D eigenvalue weighted by molar-refractivity contribution is 5.96. The summed E-state index contributed by atoms with van der Waals surface area (Å²) in [6.07, 6.45) is 1.04. The Balaban J connectivity index is 2.39. The van der Waals surface area contributed by atoms with Gasteiger partial charge in [0.2, 0.25) is 0 Å². The molecule has 1 aromatic carbocycles. The van der Waals surface area contributed by atoms with E-state index in [4.69, 9.17) is 5.26 Å². The van der Waals surface area contributed by atoms with Gasteiger partial charge in [0.25, 0.3) is 0 Å². The Morgan fingerprint density at radius 1 is 1.29 bits per heavy atom. The fourth-order valence-corrected chi connectivity index (χ4v) is 1.66. The molecule has 90 valence electrons. The van der Waals surface area contributed by atoms with Crippen LogP contribution in [0.3, 0.4) is 0 Å². The first-order valence-electron chi connectivity index (χ1n) is 5.95. The van der Waals surface area contributed by atoms with Gasteiger partial charge in [-0.3, -0.25) is 4.79 Å². The predicted molar refractivity (Wildman–Crippen MR) is 67.7 cm³/mol. The number of Topliss-reactive ketones (excluding diaryl/α,β-unsaturated/α-hetero) is 1. The van der Waals surface area contributed by atoms with Gasteiger partial charge in [-0.05, 0) is 6.54 Å². The average Bonchev–Trinajstić information content (AvgIpc) is 2.39. The van der Waals surface area contributed by atoms with E-state index in [9.17, 15) is 4.79 Å². The Labute approximate surface area is 103 Å². The van der Waals surface area contributed by atoms with Crippen molar-refractivity contribution in [3.05, 3.63) is 35.9 Å². The van der Waals surface area contributed by atoms with Crippen molar-refractivity contribution >= 4 is 5.78 Å². The largest absolute Gasteiger partial charge is 0.302 e. The van der Waals surface area contributed by atoms with Crippen molar-refractivity contribution in [1.29, 1.82) is 5.26 Å². The molecule has 0 aliphatic carbocycles. The van der Waals surface area contributed by atoms with Crippen molar-refractivity contribution in [2.24, 2.45) is 0 Å². The second-order valence-electron chi connectivity index (χ2n) is 3.88. The molecule has 0 N–H and O–H groups in total. The van der Waals surface area contributed by atoms with E-state index in [-0.39, 0.29) is 5.78 Å². The summed E-state index contributed by atoms with van der Waals surface area (Å²) in [5.74, 6) is 0.168. The van der Waals surface area contributed by atoms with Gasteiger partial charge in [0.05, 0.1) is 6.07 Å². The molecule has 0 amide bonds. The van der Waals surface area contributed by atoms with Gasteiger partial charge in [-0.1, -0.05) is 37.3 Å². The van der Waals surface area contributed by atoms with Gasteiger partial charge in [-0.15, -0.1) is 0 Å². The van der Waals surface area contributed by atoms with Crippen LogP contribution in [0.25, 0.3) is 0 Å². The zero-order valence-electron chi connectivity index (χ0n) is 10.2. The predicted octanol–water partition coefficient (Wildman–Crippen LogP) is 2.49. The number of rotatable bonds is 7. The molecule has 0 spiro atoms. The number of hydrogen-bond donors (Lipinski definition) is 0. The Hall–Kier alpha value is -1.66. The van der Waals surface area contributed by atoms with Crippen LogP contribution < -0.4 is 0 Å². The molecule has 3 heteroatoms. The molecule has 0 saturated heterocycles. The molecule has 0 aliphatic heterocycles. The van der Waals surface area contributed by atoms with Crippen molar-refractivity contribution in [2.75, 3.05) is 19.6 Å². The van der Waals surface area contributed by atoms with Crippen molar-refractivity contribution in [2.45, 2.75) is 19.8 Å². The molecule has 0 radical (unpaired) electrons. The molecule has 0 fully saturated rings. The molecular weight excluding hydrogens is 212 g/mol. The summed E-state index contributed by atoms with van der Waals surface area (Å²) in [7, 11) is 0. The molecule has 0 aliphatic rings. The fraction of sp³-hybridized carbons (Fsp3) is 0.429. The number of hydrogen-bond acceptors (Lipinski definition) is 3. The first kappa shape index (κ1) is 13.4. The monoisotopic (exact) mass is 230 g/mol. The third-order valence-corrected chi connectivity index (χ3v) is 2.74. The standard InChI is InChI=1S/C14H18N2O/c1-2-16(11-6-10-15)12-9-14(17)13-7-4-3-5-8-13/h3-5,7-8H,2,6,9,11-12H2,1H3. The highest BCUT2D eigenvalue weighted by Crippen LogP contribution is 2.04. The number of nitriles is 1. The molecule has 0 bridgehead atoms. The molecule has 0 aromatic heterocycles. The Kier molecular flexibility index (Phi) is 5.98. The summed E-state index contributed by atoms with van der Waals surface area (Å²) in [4.78, 5) is 14.0. The van der Waals surface area contributed by atoms with E-state index < -0.39 is 0 Å². The molecule has 1 rings (SSSR count). The molecule has 0 saturated carbocycles. The number of ketones is 1. The van der Waals surface area contributed by atoms with E-state index in [0.717, 1.165) is 25.2 Å². The molecule has 17 heavy (non-hydrogen) atoms. The van der Waals surface area contributed by atoms with Gasteiger partial charge in [0.1, 0.15) is 0 Å². The lowest BCUT2D eigenvalue weighted by Crippen LogP contribution is -2.27. The van der Waals surface area contributed by atoms with Crippen LogP contribution in [0, 0.1) is 11.3 Å². The van der Waals surface area contributed by atoms with Gasteiger partial charge in [-0.25, -0.2) is 0 Å². The van der Waals surface area contributed by atoms with Gasteiger partial charge in [0, 0.05) is 31.5 Å². The Bertz CT molecular complexity index is 381. The first-order chi connectivity index (χ1) is 8.27. The molecule has 0 heterocycles. The number of nitrogens with zero attached hydrogens (tertiary/aromatic N) is 2. The van der Waals surface area contributed by atoms with Crippen LogP contribution in [0.1, 0.15) is 30.1 Å². The van der Waals surface area contributed by atoms with Gasteiger partial charge >= 0.3 is 0 Å². The zero-order chi connectivity index (χ0) is 12.5. The van der Waals surface area contributed by atoms with Crippen LogP contribution >= 0.6 is 0 Å². The minimum Gasteiger partial charge on any atom is -0.302 e. The summed E-state index contributed by atoms with van der Waals surface area (Å²) in [6, 6.07) is 11.5. The molecule has 3 nitrogen and oxygen atoms in total. The van der Waals surface area contributed by atoms with Gasteiger partial charge in [0.15, 0.2) is 5.78 Å². The lowest BCUT2D eigenvalue weighted by molar-refractivity contribution is 0.0966. The quantitative estimate of drug-likeness (QED) is 0.676. The van der Waals surface area contributed by atoms with Gasteiger partial charge in [-0.2, -0.15) is 5.26 Å². The average molecular weight is 230 g/mol. The Morgan fingerprint density at radius 3 is 2.59 bits per heavy atom. The van der Waals surface area contributed by atoms with Crippen LogP contribution in [0.5, 0.6) is 0 Å². The minimum absolute atomic E-state index is 0.168. The number of carbonyl (C=O) groups excluding carboxylic acids is 1. The number of carbonyl (C=O) groups is 1. The summed E-state index contributed by atoms with van der Waals surface area (Å²) >= 11 is 0. The molecule has 0 unspecified atom stereocenters. The van der Waals surface area contributed by atoms with Crippen molar-refractivity contribution in [3.8, 4) is 6.07 Å². The maximum Gasteiger partial charge on any atom is 0.164 e. The zero-order valence-corrected chi connectivity index (χ0v) is 10.2. The maximum absolute atomic E-state index is 11.8. The normalized spacial score (nSPS) is 10.2. The first-order valence-corrected chi connectivity index (χ1v) is 5.95. The van der Waals surface area contributed by atoms with E-state index >= 15 is 0 Å². The van der Waals surface area contributed by atoms with E-state index in [1.54, 1.807) is 0 Å². The number of benzene rings is 1. The second kappa shape index (κ2) is 7.59. The summed E-state index contributed by atoms with van der Waals surface area (Å²) in [5, 5.41) is 8.52. The van der Waals surface area contributed by atoms with Crippen molar-refractivity contribution in [1.82, 2.24) is 4.90 Å². The van der Waals surface area contributed by atoms with Crippen LogP contribution in [-0.2, 0) is 0 Å². The lowest BCUT2D eigenvalue weighted by atomic mass is 10.1. The van der Waals surface area contributed by atoms with Crippen molar-refractivity contribution in [3.63, 3.8) is 0 Å². The molecule has 1 aromatic rings. The van der Waals surface area contributed by atoms with E-state index in [1.807, 2.05) is 37.3 Å². The SMILES string of the molecule is CCN(CCC#N)CCC(=O)c1ccccc1. The molecule has 0 atom stereocenters. The topological polar surface area (TPSA) is 44.1 Å². The molecular formula is C14H18N2O. The summed E-state index contributed by atoms with van der Waals surface area (Å²) in [5.41, 5.74) is 0.767. The fourth-order valence-electron chi connectivity index (χ4n) is 1.66. The lowest BCUT2D eigenvalue weighted by Gasteiger charge is -2.18. The highest BCUT2D eigenvalue weighted by atomic mass is 16.1. The van der Waals surface area contributed by atoms with Crippen LogP contribution in [0.2, 0.25) is 0 Å². The van der Waals surface area contributed by atoms with Gasteiger partial charge < -0.3 is 4.90 Å². The minimum atomic E-state index is 0.168. The van der Waals surface area contributed by atoms with Crippen LogP contribution in [0.15, 0.2) is 30.3 Å². The van der Waals surface area contributed by atoms with E-state index in [0.29, 0.717) is 12.8 Å². The van der Waals surface area contributed by atoms with Crippen LogP contribution in [0.4, 0.5) is 0 Å². The second-order valence-corrected chi connectivity index (χ2v) is 3.88. The third-order valence-electron chi connectivity index (χ3n) is 2.74. The van der Waals surface area contributed by atoms with Crippen LogP contribution in [-0.4, -0.2) is 30.3 Å². The highest BCUT2D eigenvalue weighted by Gasteiger charge is 2.08. The summed E-state index contributed by atoms with van der Waals surface area (Å²) < 4.78 is 0. The van der Waals surface area contributed by atoms with E-state index in [1.165, 1.54) is 0 Å². The maximum atomic E-state index is 11.8.